The molecule has 2 nitrogen and oxygen atoms in total. The lowest BCUT2D eigenvalue weighted by atomic mass is 9.88. The van der Waals surface area contributed by atoms with Crippen molar-refractivity contribution in [2.45, 2.75) is 20.3 Å². The van der Waals surface area contributed by atoms with Crippen molar-refractivity contribution in [3.63, 3.8) is 0 Å². The second kappa shape index (κ2) is 4.98. The third-order valence-electron chi connectivity index (χ3n) is 3.78. The number of rotatable bonds is 1. The maximum Gasteiger partial charge on any atom is 0.103 e. The molecule has 90 valence electrons. The molecule has 0 saturated carbocycles. The lowest BCUT2D eigenvalue weighted by Crippen LogP contribution is -2.38. The minimum atomic E-state index is 0.552. The molecule has 0 radical (unpaired) electrons. The van der Waals surface area contributed by atoms with E-state index in [9.17, 15) is 5.26 Å². The number of nitriles is 1. The number of piperidine rings is 1. The lowest BCUT2D eigenvalue weighted by Gasteiger charge is -2.37. The van der Waals surface area contributed by atoms with Crippen LogP contribution in [0.3, 0.4) is 0 Å². The Bertz CT molecular complexity index is 450. The van der Waals surface area contributed by atoms with Gasteiger partial charge in [0.2, 0.25) is 0 Å². The molecule has 3 heteroatoms. The van der Waals surface area contributed by atoms with E-state index in [1.54, 1.807) is 6.07 Å². The highest BCUT2D eigenvalue weighted by Gasteiger charge is 2.24. The highest BCUT2D eigenvalue weighted by molar-refractivity contribution is 6.32. The average Bonchev–Trinajstić information content (AvgIpc) is 2.32. The van der Waals surface area contributed by atoms with Crippen LogP contribution in [-0.4, -0.2) is 13.1 Å². The minimum absolute atomic E-state index is 0.552. The van der Waals surface area contributed by atoms with Gasteiger partial charge < -0.3 is 4.90 Å². The van der Waals surface area contributed by atoms with Crippen molar-refractivity contribution in [3.05, 3.63) is 28.8 Å². The Morgan fingerprint density at radius 3 is 2.76 bits per heavy atom. The SMILES string of the molecule is CC1CCN(c2cccc(Cl)c2C#N)CC1C. The summed E-state index contributed by atoms with van der Waals surface area (Å²) in [5.74, 6) is 1.42. The molecule has 0 aliphatic carbocycles. The van der Waals surface area contributed by atoms with E-state index >= 15 is 0 Å². The summed E-state index contributed by atoms with van der Waals surface area (Å²) < 4.78 is 0. The average molecular weight is 249 g/mol. The fourth-order valence-corrected chi connectivity index (χ4v) is 2.58. The standard InChI is InChI=1S/C14H17ClN2/c1-10-6-7-17(9-11(10)2)14-5-3-4-13(15)12(14)8-16/h3-5,10-11H,6-7,9H2,1-2H3. The van der Waals surface area contributed by atoms with Crippen LogP contribution >= 0.6 is 11.6 Å². The highest BCUT2D eigenvalue weighted by atomic mass is 35.5. The van der Waals surface area contributed by atoms with Crippen LogP contribution in [0.5, 0.6) is 0 Å². The smallest absolute Gasteiger partial charge is 0.103 e. The first-order valence-corrected chi connectivity index (χ1v) is 6.45. The Labute approximate surface area is 108 Å². The summed E-state index contributed by atoms with van der Waals surface area (Å²) in [6.45, 7) is 6.59. The first-order chi connectivity index (χ1) is 8.13. The molecule has 1 aliphatic heterocycles. The number of nitrogens with zero attached hydrogens (tertiary/aromatic N) is 2. The van der Waals surface area contributed by atoms with Crippen molar-refractivity contribution in [2.75, 3.05) is 18.0 Å². The fourth-order valence-electron chi connectivity index (χ4n) is 2.37. The zero-order valence-electron chi connectivity index (χ0n) is 10.3. The van der Waals surface area contributed by atoms with Crippen LogP contribution < -0.4 is 4.90 Å². The lowest BCUT2D eigenvalue weighted by molar-refractivity contribution is 0.324. The van der Waals surface area contributed by atoms with Gasteiger partial charge in [0.1, 0.15) is 6.07 Å². The van der Waals surface area contributed by atoms with Crippen LogP contribution in [0.15, 0.2) is 18.2 Å². The van der Waals surface area contributed by atoms with E-state index < -0.39 is 0 Å². The summed E-state index contributed by atoms with van der Waals surface area (Å²) >= 11 is 6.06. The third-order valence-corrected chi connectivity index (χ3v) is 4.09. The Morgan fingerprint density at radius 1 is 1.35 bits per heavy atom. The van der Waals surface area contributed by atoms with Crippen LogP contribution in [0.1, 0.15) is 25.8 Å². The molecule has 1 aromatic carbocycles. The van der Waals surface area contributed by atoms with Crippen LogP contribution in [0, 0.1) is 23.2 Å². The number of hydrogen-bond donors (Lipinski definition) is 0. The molecule has 0 amide bonds. The van der Waals surface area contributed by atoms with Crippen LogP contribution in [0.25, 0.3) is 0 Å². The first kappa shape index (κ1) is 12.3. The first-order valence-electron chi connectivity index (χ1n) is 6.07. The van der Waals surface area contributed by atoms with Gasteiger partial charge >= 0.3 is 0 Å². The van der Waals surface area contributed by atoms with Crippen LogP contribution in [0.2, 0.25) is 5.02 Å². The molecule has 17 heavy (non-hydrogen) atoms. The second-order valence-electron chi connectivity index (χ2n) is 4.94. The van der Waals surface area contributed by atoms with Crippen molar-refractivity contribution in [1.29, 1.82) is 5.26 Å². The molecule has 1 heterocycles. The predicted molar refractivity (Wildman–Crippen MR) is 71.3 cm³/mol. The van der Waals surface area contributed by atoms with Gasteiger partial charge in [0, 0.05) is 13.1 Å². The van der Waals surface area contributed by atoms with Crippen molar-refractivity contribution in [1.82, 2.24) is 0 Å². The second-order valence-corrected chi connectivity index (χ2v) is 5.34. The van der Waals surface area contributed by atoms with Gasteiger partial charge in [0.15, 0.2) is 0 Å². The van der Waals surface area contributed by atoms with E-state index in [4.69, 9.17) is 11.6 Å². The molecule has 2 atom stereocenters. The molecule has 2 unspecified atom stereocenters. The minimum Gasteiger partial charge on any atom is -0.370 e. The van der Waals surface area contributed by atoms with Crippen molar-refractivity contribution in [2.24, 2.45) is 11.8 Å². The zero-order valence-corrected chi connectivity index (χ0v) is 11.0. The molecule has 1 aromatic rings. The van der Waals surface area contributed by atoms with E-state index in [1.165, 1.54) is 6.42 Å². The van der Waals surface area contributed by atoms with E-state index in [0.29, 0.717) is 16.5 Å². The van der Waals surface area contributed by atoms with Crippen molar-refractivity contribution < 1.29 is 0 Å². The summed E-state index contributed by atoms with van der Waals surface area (Å²) in [5.41, 5.74) is 1.59. The third kappa shape index (κ3) is 2.40. The number of anilines is 1. The zero-order chi connectivity index (χ0) is 12.4. The van der Waals surface area contributed by atoms with Gasteiger partial charge in [0.05, 0.1) is 16.3 Å². The van der Waals surface area contributed by atoms with Gasteiger partial charge in [-0.3, -0.25) is 0 Å². The quantitative estimate of drug-likeness (QED) is 0.758. The summed E-state index contributed by atoms with van der Waals surface area (Å²) in [7, 11) is 0. The molecule has 2 rings (SSSR count). The van der Waals surface area contributed by atoms with E-state index in [1.807, 2.05) is 12.1 Å². The normalized spacial score (nSPS) is 24.5. The predicted octanol–water partition coefficient (Wildman–Crippen LogP) is 3.69. The Hall–Kier alpha value is -1.20. The summed E-state index contributed by atoms with van der Waals surface area (Å²) in [6, 6.07) is 7.90. The molecule has 0 spiro atoms. The Balaban J connectivity index is 2.29. The van der Waals surface area contributed by atoms with Gasteiger partial charge in [-0.25, -0.2) is 0 Å². The molecule has 0 N–H and O–H groups in total. The van der Waals surface area contributed by atoms with Crippen LogP contribution in [0.4, 0.5) is 5.69 Å². The maximum atomic E-state index is 9.19. The van der Waals surface area contributed by atoms with Crippen molar-refractivity contribution >= 4 is 17.3 Å². The largest absolute Gasteiger partial charge is 0.370 e. The number of halogens is 1. The van der Waals surface area contributed by atoms with Gasteiger partial charge in [-0.2, -0.15) is 5.26 Å². The van der Waals surface area contributed by atoms with Crippen molar-refractivity contribution in [3.8, 4) is 6.07 Å². The summed E-state index contributed by atoms with van der Waals surface area (Å²) in [4.78, 5) is 2.29. The summed E-state index contributed by atoms with van der Waals surface area (Å²) in [5, 5.41) is 9.74. The molecular weight excluding hydrogens is 232 g/mol. The van der Waals surface area contributed by atoms with Crippen LogP contribution in [-0.2, 0) is 0 Å². The van der Waals surface area contributed by atoms with Gasteiger partial charge in [-0.05, 0) is 30.4 Å². The van der Waals surface area contributed by atoms with E-state index in [2.05, 4.69) is 24.8 Å². The molecule has 1 aliphatic rings. The van der Waals surface area contributed by atoms with E-state index in [0.717, 1.165) is 24.7 Å². The van der Waals surface area contributed by atoms with E-state index in [-0.39, 0.29) is 0 Å². The molecule has 0 bridgehead atoms. The molecule has 1 saturated heterocycles. The van der Waals surface area contributed by atoms with Gasteiger partial charge in [-0.1, -0.05) is 31.5 Å². The molecule has 1 fully saturated rings. The Kier molecular flexibility index (Phi) is 3.59. The number of benzene rings is 1. The van der Waals surface area contributed by atoms with Gasteiger partial charge in [0.25, 0.3) is 0 Å². The number of hydrogen-bond acceptors (Lipinski definition) is 2. The summed E-state index contributed by atoms with van der Waals surface area (Å²) in [6.07, 6.45) is 1.18. The molecular formula is C14H17ClN2. The monoisotopic (exact) mass is 248 g/mol. The maximum absolute atomic E-state index is 9.19. The van der Waals surface area contributed by atoms with Gasteiger partial charge in [-0.15, -0.1) is 0 Å². The highest BCUT2D eigenvalue weighted by Crippen LogP contribution is 2.31. The molecule has 0 aromatic heterocycles. The topological polar surface area (TPSA) is 27.0 Å². The fraction of sp³-hybridized carbons (Fsp3) is 0.500. The Morgan fingerprint density at radius 2 is 2.12 bits per heavy atom.